The molecule has 1 atom stereocenters. The number of fused-ring (bicyclic) bond motifs is 1. The lowest BCUT2D eigenvalue weighted by molar-refractivity contribution is -0.384. The molecule has 0 fully saturated rings. The van der Waals surface area contributed by atoms with Gasteiger partial charge >= 0.3 is 0 Å². The van der Waals surface area contributed by atoms with E-state index in [0.717, 1.165) is 24.4 Å². The van der Waals surface area contributed by atoms with E-state index in [1.54, 1.807) is 12.1 Å². The van der Waals surface area contributed by atoms with Gasteiger partial charge in [0.25, 0.3) is 5.69 Å². The topological polar surface area (TPSA) is 48.1 Å². The van der Waals surface area contributed by atoms with Crippen molar-refractivity contribution in [3.05, 3.63) is 56.9 Å². The Morgan fingerprint density at radius 1 is 1.14 bits per heavy atom. The van der Waals surface area contributed by atoms with Crippen molar-refractivity contribution in [2.75, 3.05) is 0 Å². The van der Waals surface area contributed by atoms with Crippen LogP contribution in [0.4, 0.5) is 5.69 Å². The highest BCUT2D eigenvalue weighted by atomic mass is 16.6. The Labute approximate surface area is 124 Å². The third-order valence-electron chi connectivity index (χ3n) is 4.67. The number of nitro groups is 1. The van der Waals surface area contributed by atoms with Crippen LogP contribution >= 0.6 is 0 Å². The predicted octanol–water partition coefficient (Wildman–Crippen LogP) is 4.13. The molecule has 0 N–H and O–H groups in total. The molecule has 0 bridgehead atoms. The molecule has 3 rings (SSSR count). The maximum Gasteiger partial charge on any atom is 0.269 e. The molecular weight excluding hydrogens is 264 g/mol. The van der Waals surface area contributed by atoms with Gasteiger partial charge < -0.3 is 4.57 Å². The Bertz CT molecular complexity index is 699. The van der Waals surface area contributed by atoms with E-state index in [4.69, 9.17) is 0 Å². The van der Waals surface area contributed by atoms with E-state index in [-0.39, 0.29) is 10.6 Å². The van der Waals surface area contributed by atoms with Crippen molar-refractivity contribution in [3.63, 3.8) is 0 Å². The molecule has 1 aliphatic carbocycles. The van der Waals surface area contributed by atoms with Gasteiger partial charge in [-0.2, -0.15) is 0 Å². The first-order valence-corrected chi connectivity index (χ1v) is 7.43. The second kappa shape index (κ2) is 5.02. The molecule has 0 radical (unpaired) electrons. The summed E-state index contributed by atoms with van der Waals surface area (Å²) in [6.07, 6.45) is 3.53. The lowest BCUT2D eigenvalue weighted by Crippen LogP contribution is -2.10. The molecule has 1 heterocycles. The molecule has 0 aliphatic heterocycles. The van der Waals surface area contributed by atoms with Crippen molar-refractivity contribution in [1.82, 2.24) is 4.57 Å². The second-order valence-electron chi connectivity index (χ2n) is 6.08. The van der Waals surface area contributed by atoms with Gasteiger partial charge in [-0.3, -0.25) is 10.1 Å². The highest BCUT2D eigenvalue weighted by Gasteiger charge is 2.24. The Morgan fingerprint density at radius 3 is 2.38 bits per heavy atom. The zero-order valence-electron chi connectivity index (χ0n) is 12.7. The molecule has 4 nitrogen and oxygen atoms in total. The molecule has 1 aromatic heterocycles. The average Bonchev–Trinajstić information content (AvgIpc) is 2.70. The van der Waals surface area contributed by atoms with Crippen LogP contribution in [0.25, 0.3) is 5.69 Å². The van der Waals surface area contributed by atoms with E-state index in [0.29, 0.717) is 0 Å². The first-order valence-electron chi connectivity index (χ1n) is 7.43. The van der Waals surface area contributed by atoms with Crippen LogP contribution in [0.15, 0.2) is 24.3 Å². The molecule has 21 heavy (non-hydrogen) atoms. The monoisotopic (exact) mass is 284 g/mol. The highest BCUT2D eigenvalue weighted by Crippen LogP contribution is 2.34. The van der Waals surface area contributed by atoms with E-state index >= 15 is 0 Å². The Morgan fingerprint density at radius 2 is 1.76 bits per heavy atom. The smallest absolute Gasteiger partial charge is 0.269 e. The van der Waals surface area contributed by atoms with Crippen molar-refractivity contribution in [1.29, 1.82) is 0 Å². The zero-order chi connectivity index (χ0) is 15.1. The van der Waals surface area contributed by atoms with E-state index in [2.05, 4.69) is 25.3 Å². The number of non-ortho nitro benzene ring substituents is 1. The first kappa shape index (κ1) is 13.9. The zero-order valence-corrected chi connectivity index (χ0v) is 12.7. The number of aromatic nitrogens is 1. The summed E-state index contributed by atoms with van der Waals surface area (Å²) in [6, 6.07) is 6.84. The van der Waals surface area contributed by atoms with Crippen LogP contribution in [0, 0.1) is 29.9 Å². The fraction of sp³-hybridized carbons (Fsp3) is 0.412. The van der Waals surface area contributed by atoms with E-state index in [1.165, 1.54) is 28.9 Å². The van der Waals surface area contributed by atoms with Crippen LogP contribution in [0.5, 0.6) is 0 Å². The molecule has 2 aromatic rings. The SMILES string of the molecule is Cc1c2c(c(C)n1-c1ccc([N+](=O)[O-])cc1)C[C@H](C)CC2. The summed E-state index contributed by atoms with van der Waals surface area (Å²) in [5.41, 5.74) is 6.66. The van der Waals surface area contributed by atoms with E-state index in [9.17, 15) is 10.1 Å². The molecule has 0 saturated heterocycles. The van der Waals surface area contributed by atoms with Crippen LogP contribution in [0.2, 0.25) is 0 Å². The number of nitrogens with zero attached hydrogens (tertiary/aromatic N) is 2. The Hall–Kier alpha value is -2.10. The molecule has 1 aromatic carbocycles. The standard InChI is InChI=1S/C17H20N2O2/c1-11-4-9-16-12(2)18(13(3)17(16)10-11)14-5-7-15(8-6-14)19(20)21/h5-8,11H,4,9-10H2,1-3H3/t11-/m1/s1. The lowest BCUT2D eigenvalue weighted by atomic mass is 9.85. The van der Waals surface area contributed by atoms with E-state index < -0.39 is 0 Å². The highest BCUT2D eigenvalue weighted by molar-refractivity contribution is 5.49. The van der Waals surface area contributed by atoms with E-state index in [1.807, 2.05) is 12.1 Å². The van der Waals surface area contributed by atoms with Gasteiger partial charge in [-0.05, 0) is 62.3 Å². The maximum absolute atomic E-state index is 10.8. The molecule has 0 unspecified atom stereocenters. The van der Waals surface area contributed by atoms with Crippen LogP contribution in [0.3, 0.4) is 0 Å². The minimum absolute atomic E-state index is 0.139. The average molecular weight is 284 g/mol. The number of hydrogen-bond acceptors (Lipinski definition) is 2. The number of nitro benzene ring substituents is 1. The molecule has 0 amide bonds. The first-order chi connectivity index (χ1) is 9.99. The van der Waals surface area contributed by atoms with Gasteiger partial charge in [0, 0.05) is 29.2 Å². The van der Waals surface area contributed by atoms with Gasteiger partial charge in [-0.25, -0.2) is 0 Å². The van der Waals surface area contributed by atoms with Crippen LogP contribution < -0.4 is 0 Å². The normalized spacial score (nSPS) is 17.6. The second-order valence-corrected chi connectivity index (χ2v) is 6.08. The Kier molecular flexibility index (Phi) is 3.32. The van der Waals surface area contributed by atoms with Gasteiger partial charge in [0.15, 0.2) is 0 Å². The van der Waals surface area contributed by atoms with Crippen LogP contribution in [-0.4, -0.2) is 9.49 Å². The Balaban J connectivity index is 2.09. The van der Waals surface area contributed by atoms with Gasteiger partial charge in [-0.1, -0.05) is 6.92 Å². The fourth-order valence-corrected chi connectivity index (χ4v) is 3.51. The van der Waals surface area contributed by atoms with Crippen molar-refractivity contribution < 1.29 is 4.92 Å². The minimum Gasteiger partial charge on any atom is -0.318 e. The lowest BCUT2D eigenvalue weighted by Gasteiger charge is -2.19. The summed E-state index contributed by atoms with van der Waals surface area (Å²) in [4.78, 5) is 10.4. The largest absolute Gasteiger partial charge is 0.318 e. The van der Waals surface area contributed by atoms with Crippen molar-refractivity contribution in [2.24, 2.45) is 5.92 Å². The summed E-state index contributed by atoms with van der Waals surface area (Å²) >= 11 is 0. The van der Waals surface area contributed by atoms with Crippen molar-refractivity contribution in [3.8, 4) is 5.69 Å². The maximum atomic E-state index is 10.8. The molecule has 110 valence electrons. The molecular formula is C17H20N2O2. The van der Waals surface area contributed by atoms with Gasteiger partial charge in [0.2, 0.25) is 0 Å². The summed E-state index contributed by atoms with van der Waals surface area (Å²) < 4.78 is 2.24. The summed E-state index contributed by atoms with van der Waals surface area (Å²) in [7, 11) is 0. The van der Waals surface area contributed by atoms with Gasteiger partial charge in [0.05, 0.1) is 4.92 Å². The summed E-state index contributed by atoms with van der Waals surface area (Å²) in [5, 5.41) is 10.8. The molecule has 0 spiro atoms. The van der Waals surface area contributed by atoms with Crippen molar-refractivity contribution >= 4 is 5.69 Å². The van der Waals surface area contributed by atoms with Gasteiger partial charge in [-0.15, -0.1) is 0 Å². The molecule has 1 aliphatic rings. The summed E-state index contributed by atoms with van der Waals surface area (Å²) in [6.45, 7) is 6.62. The number of benzene rings is 1. The van der Waals surface area contributed by atoms with Gasteiger partial charge in [0.1, 0.15) is 0 Å². The molecule has 4 heteroatoms. The number of hydrogen-bond donors (Lipinski definition) is 0. The van der Waals surface area contributed by atoms with Crippen LogP contribution in [0.1, 0.15) is 35.9 Å². The molecule has 0 saturated carbocycles. The predicted molar refractivity (Wildman–Crippen MR) is 83.1 cm³/mol. The van der Waals surface area contributed by atoms with Crippen molar-refractivity contribution in [2.45, 2.75) is 40.0 Å². The third kappa shape index (κ3) is 2.24. The number of rotatable bonds is 2. The van der Waals surface area contributed by atoms with Crippen LogP contribution in [-0.2, 0) is 12.8 Å². The quantitative estimate of drug-likeness (QED) is 0.615. The summed E-state index contributed by atoms with van der Waals surface area (Å²) in [5.74, 6) is 0.739. The minimum atomic E-state index is -0.355. The fourth-order valence-electron chi connectivity index (χ4n) is 3.51. The third-order valence-corrected chi connectivity index (χ3v) is 4.67.